The summed E-state index contributed by atoms with van der Waals surface area (Å²) in [5.41, 5.74) is 5.77. The maximum Gasteiger partial charge on any atom is 0.275 e. The maximum atomic E-state index is 13.1. The van der Waals surface area contributed by atoms with Crippen LogP contribution in [0.5, 0.6) is 0 Å². The van der Waals surface area contributed by atoms with Gasteiger partial charge in [-0.2, -0.15) is 5.01 Å². The SMILES string of the molecule is CO[C@@H](C)C(=O)N1N=C(c2ncccc2Cl)OC1(CCCN)c1ccccc1. The van der Waals surface area contributed by atoms with E-state index in [-0.39, 0.29) is 11.8 Å². The van der Waals surface area contributed by atoms with E-state index >= 15 is 0 Å². The summed E-state index contributed by atoms with van der Waals surface area (Å²) in [6.45, 7) is 2.11. The quantitative estimate of drug-likeness (QED) is 0.769. The molecule has 0 saturated heterocycles. The number of halogens is 1. The number of hydrazone groups is 1. The molecule has 2 aromatic rings. The summed E-state index contributed by atoms with van der Waals surface area (Å²) in [6.07, 6.45) is 1.97. The zero-order chi connectivity index (χ0) is 20.1. The number of nitrogens with two attached hydrogens (primary N) is 1. The van der Waals surface area contributed by atoms with Crippen LogP contribution in [0.2, 0.25) is 5.02 Å². The first-order chi connectivity index (χ1) is 13.5. The van der Waals surface area contributed by atoms with Gasteiger partial charge in [-0.25, -0.2) is 4.98 Å². The van der Waals surface area contributed by atoms with E-state index in [9.17, 15) is 4.79 Å². The molecular formula is C20H23ClN4O3. The molecule has 2 N–H and O–H groups in total. The van der Waals surface area contributed by atoms with E-state index in [1.165, 1.54) is 12.1 Å². The lowest BCUT2D eigenvalue weighted by atomic mass is 9.96. The van der Waals surface area contributed by atoms with E-state index < -0.39 is 11.8 Å². The molecule has 0 fully saturated rings. The molecule has 0 bridgehead atoms. The van der Waals surface area contributed by atoms with Crippen molar-refractivity contribution in [2.45, 2.75) is 31.6 Å². The Morgan fingerprint density at radius 3 is 2.71 bits per heavy atom. The lowest BCUT2D eigenvalue weighted by Gasteiger charge is -2.36. The van der Waals surface area contributed by atoms with Crippen molar-refractivity contribution in [1.82, 2.24) is 9.99 Å². The van der Waals surface area contributed by atoms with Gasteiger partial charge in [0.2, 0.25) is 5.72 Å². The van der Waals surface area contributed by atoms with E-state index in [2.05, 4.69) is 10.1 Å². The summed E-state index contributed by atoms with van der Waals surface area (Å²) in [5, 5.41) is 6.21. The molecule has 1 aliphatic heterocycles. The van der Waals surface area contributed by atoms with Crippen molar-refractivity contribution in [3.8, 4) is 0 Å². The van der Waals surface area contributed by atoms with Gasteiger partial charge in [0, 0.05) is 25.3 Å². The van der Waals surface area contributed by atoms with Crippen LogP contribution >= 0.6 is 11.6 Å². The lowest BCUT2D eigenvalue weighted by Crippen LogP contribution is -2.48. The smallest absolute Gasteiger partial charge is 0.275 e. The molecule has 148 valence electrons. The van der Waals surface area contributed by atoms with Crippen LogP contribution in [-0.2, 0) is 20.0 Å². The average Bonchev–Trinajstić information content (AvgIpc) is 3.12. The number of ether oxygens (including phenoxy) is 2. The van der Waals surface area contributed by atoms with Crippen molar-refractivity contribution in [2.24, 2.45) is 10.8 Å². The summed E-state index contributed by atoms with van der Waals surface area (Å²) in [4.78, 5) is 17.4. The molecule has 1 aromatic carbocycles. The molecule has 8 heteroatoms. The number of nitrogens with zero attached hydrogens (tertiary/aromatic N) is 3. The zero-order valence-corrected chi connectivity index (χ0v) is 16.6. The second-order valence-corrected chi connectivity index (χ2v) is 6.82. The molecule has 28 heavy (non-hydrogen) atoms. The third kappa shape index (κ3) is 3.73. The summed E-state index contributed by atoms with van der Waals surface area (Å²) in [5.74, 6) is -0.145. The minimum Gasteiger partial charge on any atom is -0.442 e. The summed E-state index contributed by atoms with van der Waals surface area (Å²) in [7, 11) is 1.48. The molecule has 0 saturated carbocycles. The van der Waals surface area contributed by atoms with Crippen LogP contribution in [0.1, 0.15) is 31.0 Å². The molecule has 0 spiro atoms. The van der Waals surface area contributed by atoms with E-state index in [1.54, 1.807) is 25.3 Å². The van der Waals surface area contributed by atoms with Crippen LogP contribution in [0.25, 0.3) is 0 Å². The van der Waals surface area contributed by atoms with Gasteiger partial charge in [-0.1, -0.05) is 41.9 Å². The summed E-state index contributed by atoms with van der Waals surface area (Å²) >= 11 is 6.29. The fourth-order valence-corrected chi connectivity index (χ4v) is 3.26. The molecule has 2 atom stereocenters. The predicted octanol–water partition coefficient (Wildman–Crippen LogP) is 2.88. The molecule has 1 aliphatic rings. The van der Waals surface area contributed by atoms with Gasteiger partial charge in [0.05, 0.1) is 5.02 Å². The topological polar surface area (TPSA) is 90.0 Å². The Bertz CT molecular complexity index is 862. The van der Waals surface area contributed by atoms with Crippen molar-refractivity contribution < 1.29 is 14.3 Å². The van der Waals surface area contributed by atoms with Crippen molar-refractivity contribution in [1.29, 1.82) is 0 Å². The highest BCUT2D eigenvalue weighted by Gasteiger charge is 2.50. The maximum absolute atomic E-state index is 13.1. The van der Waals surface area contributed by atoms with Crippen LogP contribution < -0.4 is 5.73 Å². The summed E-state index contributed by atoms with van der Waals surface area (Å²) in [6, 6.07) is 12.9. The van der Waals surface area contributed by atoms with Crippen molar-refractivity contribution in [3.05, 3.63) is 64.9 Å². The third-order valence-electron chi connectivity index (χ3n) is 4.61. The number of hydrogen-bond donors (Lipinski definition) is 1. The largest absolute Gasteiger partial charge is 0.442 e. The number of rotatable bonds is 7. The molecule has 1 unspecified atom stereocenters. The normalized spacial score (nSPS) is 19.9. The molecule has 0 radical (unpaired) electrons. The van der Waals surface area contributed by atoms with Gasteiger partial charge in [-0.3, -0.25) is 4.79 Å². The Morgan fingerprint density at radius 1 is 1.32 bits per heavy atom. The first kappa shape index (κ1) is 20.3. The molecule has 1 aromatic heterocycles. The van der Waals surface area contributed by atoms with Crippen LogP contribution in [-0.4, -0.2) is 41.6 Å². The fraction of sp³-hybridized carbons (Fsp3) is 0.350. The number of amides is 1. The highest BCUT2D eigenvalue weighted by molar-refractivity contribution is 6.33. The number of benzene rings is 1. The van der Waals surface area contributed by atoms with Crippen LogP contribution in [0.3, 0.4) is 0 Å². The molecule has 7 nitrogen and oxygen atoms in total. The number of aromatic nitrogens is 1. The zero-order valence-electron chi connectivity index (χ0n) is 15.8. The molecular weight excluding hydrogens is 380 g/mol. The number of carbonyl (C=O) groups excluding carboxylic acids is 1. The van der Waals surface area contributed by atoms with E-state index in [0.29, 0.717) is 30.1 Å². The second-order valence-electron chi connectivity index (χ2n) is 6.41. The van der Waals surface area contributed by atoms with Gasteiger partial charge >= 0.3 is 0 Å². The van der Waals surface area contributed by atoms with Gasteiger partial charge in [0.25, 0.3) is 11.8 Å². The molecule has 3 rings (SSSR count). The Labute approximate surface area is 169 Å². The highest BCUT2D eigenvalue weighted by Crippen LogP contribution is 2.41. The van der Waals surface area contributed by atoms with Crippen molar-refractivity contribution in [3.63, 3.8) is 0 Å². The van der Waals surface area contributed by atoms with Gasteiger partial charge in [0.15, 0.2) is 0 Å². The molecule has 0 aliphatic carbocycles. The van der Waals surface area contributed by atoms with Crippen molar-refractivity contribution in [2.75, 3.05) is 13.7 Å². The van der Waals surface area contributed by atoms with E-state index in [1.807, 2.05) is 30.3 Å². The number of methoxy groups -OCH3 is 1. The minimum atomic E-state index is -1.15. The first-order valence-electron chi connectivity index (χ1n) is 9.04. The van der Waals surface area contributed by atoms with Gasteiger partial charge < -0.3 is 15.2 Å². The first-order valence-corrected chi connectivity index (χ1v) is 9.42. The van der Waals surface area contributed by atoms with Crippen LogP contribution in [0.4, 0.5) is 0 Å². The van der Waals surface area contributed by atoms with Gasteiger partial charge in [-0.15, -0.1) is 5.10 Å². The highest BCUT2D eigenvalue weighted by atomic mass is 35.5. The van der Waals surface area contributed by atoms with E-state index in [4.69, 9.17) is 26.8 Å². The fourth-order valence-electron chi connectivity index (χ4n) is 3.06. The average molecular weight is 403 g/mol. The predicted molar refractivity (Wildman–Crippen MR) is 107 cm³/mol. The monoisotopic (exact) mass is 402 g/mol. The second kappa shape index (κ2) is 8.68. The van der Waals surface area contributed by atoms with Crippen LogP contribution in [0, 0.1) is 0 Å². The molecule has 2 heterocycles. The Balaban J connectivity index is 2.13. The number of pyridine rings is 1. The Hall–Kier alpha value is -2.48. The minimum absolute atomic E-state index is 0.183. The standard InChI is InChI=1S/C20H23ClN4O3/c1-14(27-2)19(26)25-20(11-7-12-22,15-8-4-3-5-9-15)28-18(24-25)17-16(21)10-6-13-23-17/h3-6,8-10,13-14H,7,11-12,22H2,1-2H3/t14-,20?/m0/s1. The van der Waals surface area contributed by atoms with Crippen molar-refractivity contribution >= 4 is 23.4 Å². The lowest BCUT2D eigenvalue weighted by molar-refractivity contribution is -0.162. The Kier molecular flexibility index (Phi) is 6.28. The Morgan fingerprint density at radius 2 is 2.07 bits per heavy atom. The van der Waals surface area contributed by atoms with Crippen LogP contribution in [0.15, 0.2) is 53.8 Å². The molecule has 1 amide bonds. The third-order valence-corrected chi connectivity index (χ3v) is 4.92. The van der Waals surface area contributed by atoms with Gasteiger partial charge in [-0.05, 0) is 32.0 Å². The number of hydrogen-bond acceptors (Lipinski definition) is 6. The van der Waals surface area contributed by atoms with E-state index in [0.717, 1.165) is 5.56 Å². The summed E-state index contributed by atoms with van der Waals surface area (Å²) < 4.78 is 11.6. The number of carbonyl (C=O) groups is 1. The van der Waals surface area contributed by atoms with Gasteiger partial charge in [0.1, 0.15) is 11.8 Å².